The van der Waals surface area contributed by atoms with Crippen molar-refractivity contribution in [3.8, 4) is 11.8 Å². The summed E-state index contributed by atoms with van der Waals surface area (Å²) in [7, 11) is 1.71. The lowest BCUT2D eigenvalue weighted by molar-refractivity contribution is 0.0559. The maximum Gasteiger partial charge on any atom is 0.326 e. The van der Waals surface area contributed by atoms with Crippen LogP contribution in [0.1, 0.15) is 31.7 Å². The molecule has 35 heavy (non-hydrogen) atoms. The highest BCUT2D eigenvalue weighted by Gasteiger charge is 2.54. The molecule has 10 nitrogen and oxygen atoms in total. The average Bonchev–Trinajstić information content (AvgIpc) is 3.19. The van der Waals surface area contributed by atoms with Gasteiger partial charge in [0.15, 0.2) is 11.6 Å². The molecule has 0 unspecified atom stereocenters. The van der Waals surface area contributed by atoms with Crippen molar-refractivity contribution in [1.82, 2.24) is 24.9 Å². The van der Waals surface area contributed by atoms with Crippen molar-refractivity contribution in [2.75, 3.05) is 30.4 Å². The summed E-state index contributed by atoms with van der Waals surface area (Å²) in [5, 5.41) is 13.8. The van der Waals surface area contributed by atoms with Gasteiger partial charge >= 0.3 is 6.01 Å². The molecule has 1 saturated carbocycles. The Morgan fingerprint density at radius 1 is 1.31 bits per heavy atom. The van der Waals surface area contributed by atoms with Gasteiger partial charge in [0.05, 0.1) is 34.0 Å². The van der Waals surface area contributed by atoms with Crippen molar-refractivity contribution in [2.24, 2.45) is 11.1 Å². The number of aromatic nitrogens is 5. The van der Waals surface area contributed by atoms with E-state index in [1.807, 2.05) is 0 Å². The molecule has 12 heteroatoms. The van der Waals surface area contributed by atoms with Gasteiger partial charge in [-0.3, -0.25) is 0 Å². The summed E-state index contributed by atoms with van der Waals surface area (Å²) in [5.74, 6) is 0.657. The minimum absolute atomic E-state index is 0.00135. The van der Waals surface area contributed by atoms with E-state index in [4.69, 9.17) is 27.1 Å². The Balaban J connectivity index is 1.49. The van der Waals surface area contributed by atoms with Crippen LogP contribution < -0.4 is 20.7 Å². The highest BCUT2D eigenvalue weighted by Crippen LogP contribution is 2.50. The summed E-state index contributed by atoms with van der Waals surface area (Å²) in [6, 6.07) is 1.59. The van der Waals surface area contributed by atoms with E-state index in [1.165, 1.54) is 18.5 Å². The summed E-state index contributed by atoms with van der Waals surface area (Å²) in [6.45, 7) is 3.06. The van der Waals surface area contributed by atoms with Crippen LogP contribution in [0.4, 0.5) is 15.9 Å². The Kier molecular flexibility index (Phi) is 4.99. The standard InChI is InChI=1S/C23H24ClFN8O2/c1-10(34)19-28-6-11(7-29-19)35-22-31-20-16(15-17(24)12(25)5-13(27-2)18(15)30-20)21(32-22)33-8-23(9-33)4-3-14(23)26/h5-7,10,14,27,34H,3-4,8-9,26H2,1-2H3,(H,30,31,32)/t10-,14+/m1/s1. The number of fused-ring (bicyclic) bond motifs is 3. The molecule has 5 N–H and O–H groups in total. The topological polar surface area (TPSA) is 138 Å². The Labute approximate surface area is 204 Å². The van der Waals surface area contributed by atoms with Gasteiger partial charge < -0.3 is 30.8 Å². The van der Waals surface area contributed by atoms with Gasteiger partial charge in [0.25, 0.3) is 0 Å². The van der Waals surface area contributed by atoms with Crippen molar-refractivity contribution >= 4 is 45.0 Å². The second-order valence-corrected chi connectivity index (χ2v) is 9.69. The monoisotopic (exact) mass is 498 g/mol. The third-order valence-electron chi connectivity index (χ3n) is 7.13. The van der Waals surface area contributed by atoms with Crippen LogP contribution in [0.2, 0.25) is 5.02 Å². The van der Waals surface area contributed by atoms with Crippen LogP contribution in [0.3, 0.4) is 0 Å². The van der Waals surface area contributed by atoms with E-state index in [-0.39, 0.29) is 28.3 Å². The van der Waals surface area contributed by atoms with Crippen molar-refractivity contribution in [2.45, 2.75) is 31.9 Å². The maximum atomic E-state index is 14.7. The number of aromatic amines is 1. The second kappa shape index (κ2) is 7.87. The number of H-pyrrole nitrogens is 1. The van der Waals surface area contributed by atoms with Gasteiger partial charge in [-0.1, -0.05) is 11.6 Å². The van der Waals surface area contributed by atoms with E-state index in [9.17, 15) is 9.50 Å². The number of hydrogen-bond donors (Lipinski definition) is 4. The van der Waals surface area contributed by atoms with Crippen molar-refractivity contribution in [3.63, 3.8) is 0 Å². The molecule has 2 atom stereocenters. The Morgan fingerprint density at radius 2 is 2.06 bits per heavy atom. The molecule has 6 rings (SSSR count). The van der Waals surface area contributed by atoms with Crippen LogP contribution in [0.5, 0.6) is 11.8 Å². The fourth-order valence-electron chi connectivity index (χ4n) is 5.01. The number of aliphatic hydroxyl groups is 1. The molecule has 1 spiro atoms. The van der Waals surface area contributed by atoms with E-state index in [1.54, 1.807) is 14.0 Å². The molecule has 2 fully saturated rings. The van der Waals surface area contributed by atoms with E-state index < -0.39 is 11.9 Å². The molecule has 1 aliphatic heterocycles. The minimum atomic E-state index is -0.794. The molecule has 1 saturated heterocycles. The fourth-order valence-corrected chi connectivity index (χ4v) is 5.25. The van der Waals surface area contributed by atoms with Gasteiger partial charge in [-0.15, -0.1) is 0 Å². The molecule has 4 heterocycles. The van der Waals surface area contributed by atoms with Gasteiger partial charge in [-0.25, -0.2) is 14.4 Å². The number of anilines is 2. The Bertz CT molecular complexity index is 1450. The summed E-state index contributed by atoms with van der Waals surface area (Å²) >= 11 is 6.46. The van der Waals surface area contributed by atoms with Crippen molar-refractivity contribution in [3.05, 3.63) is 35.1 Å². The van der Waals surface area contributed by atoms with Gasteiger partial charge in [0, 0.05) is 43.0 Å². The SMILES string of the molecule is CNc1cc(F)c(Cl)c2c1[nH]c1nc(Oc3cnc([C@@H](C)O)nc3)nc(N3CC4(CC[C@@H]4N)C3)c12. The first kappa shape index (κ1) is 22.2. The Hall–Kier alpha value is -3.28. The molecule has 0 bridgehead atoms. The summed E-state index contributed by atoms with van der Waals surface area (Å²) in [6.07, 6.45) is 4.19. The van der Waals surface area contributed by atoms with Crippen LogP contribution in [-0.4, -0.2) is 56.2 Å². The molecular weight excluding hydrogens is 475 g/mol. The number of ether oxygens (including phenoxy) is 1. The molecule has 4 aromatic rings. The first-order chi connectivity index (χ1) is 16.8. The Morgan fingerprint density at radius 3 is 2.66 bits per heavy atom. The number of benzene rings is 1. The van der Waals surface area contributed by atoms with Crippen molar-refractivity contribution in [1.29, 1.82) is 0 Å². The molecule has 0 amide bonds. The first-order valence-corrected chi connectivity index (χ1v) is 11.7. The summed E-state index contributed by atoms with van der Waals surface area (Å²) in [4.78, 5) is 22.8. The van der Waals surface area contributed by atoms with Crippen molar-refractivity contribution < 1.29 is 14.2 Å². The highest BCUT2D eigenvalue weighted by atomic mass is 35.5. The third-order valence-corrected chi connectivity index (χ3v) is 7.50. The minimum Gasteiger partial charge on any atom is -0.421 e. The number of halogens is 2. The maximum absolute atomic E-state index is 14.7. The number of nitrogens with one attached hydrogen (secondary N) is 2. The lowest BCUT2D eigenvalue weighted by atomic mass is 9.60. The fraction of sp³-hybridized carbons (Fsp3) is 0.391. The molecule has 3 aromatic heterocycles. The zero-order valence-electron chi connectivity index (χ0n) is 19.1. The zero-order valence-corrected chi connectivity index (χ0v) is 19.9. The van der Waals surface area contributed by atoms with E-state index >= 15 is 0 Å². The van der Waals surface area contributed by atoms with E-state index in [0.29, 0.717) is 39.2 Å². The first-order valence-electron chi connectivity index (χ1n) is 11.4. The lowest BCUT2D eigenvalue weighted by Gasteiger charge is -2.60. The lowest BCUT2D eigenvalue weighted by Crippen LogP contribution is -2.69. The zero-order chi connectivity index (χ0) is 24.5. The molecule has 0 radical (unpaired) electrons. The number of aliphatic hydroxyl groups excluding tert-OH is 1. The molecule has 1 aliphatic carbocycles. The van der Waals surface area contributed by atoms with Gasteiger partial charge in [-0.2, -0.15) is 9.97 Å². The molecule has 182 valence electrons. The number of nitrogens with two attached hydrogens (primary N) is 1. The molecular formula is C23H24ClFN8O2. The van der Waals surface area contributed by atoms with Gasteiger partial charge in [0.2, 0.25) is 0 Å². The smallest absolute Gasteiger partial charge is 0.326 e. The van der Waals surface area contributed by atoms with Crippen LogP contribution in [0.25, 0.3) is 21.9 Å². The second-order valence-electron chi connectivity index (χ2n) is 9.32. The van der Waals surface area contributed by atoms with E-state index in [2.05, 4.69) is 30.2 Å². The molecule has 2 aliphatic rings. The van der Waals surface area contributed by atoms with Gasteiger partial charge in [0.1, 0.15) is 23.4 Å². The summed E-state index contributed by atoms with van der Waals surface area (Å²) in [5.41, 5.74) is 8.01. The largest absolute Gasteiger partial charge is 0.421 e. The predicted molar refractivity (Wildman–Crippen MR) is 131 cm³/mol. The number of nitrogens with zero attached hydrogens (tertiary/aromatic N) is 5. The predicted octanol–water partition coefficient (Wildman–Crippen LogP) is 3.51. The number of hydrogen-bond acceptors (Lipinski definition) is 9. The summed E-state index contributed by atoms with van der Waals surface area (Å²) < 4.78 is 20.6. The van der Waals surface area contributed by atoms with Crippen LogP contribution in [-0.2, 0) is 0 Å². The third kappa shape index (κ3) is 3.37. The molecule has 1 aromatic carbocycles. The van der Waals surface area contributed by atoms with E-state index in [0.717, 1.165) is 25.9 Å². The quantitative estimate of drug-likeness (QED) is 0.325. The number of rotatable bonds is 5. The highest BCUT2D eigenvalue weighted by molar-refractivity contribution is 6.39. The normalized spacial score (nSPS) is 19.6. The van der Waals surface area contributed by atoms with Crippen LogP contribution in [0, 0.1) is 11.2 Å². The average molecular weight is 499 g/mol. The van der Waals surface area contributed by atoms with Gasteiger partial charge in [-0.05, 0) is 19.8 Å². The van der Waals surface area contributed by atoms with Crippen LogP contribution in [0.15, 0.2) is 18.5 Å². The van der Waals surface area contributed by atoms with Crippen LogP contribution >= 0.6 is 11.6 Å².